The maximum atomic E-state index is 8.78. The molecule has 13 heavy (non-hydrogen) atoms. The van der Waals surface area contributed by atoms with Gasteiger partial charge >= 0.3 is 0 Å². The van der Waals surface area contributed by atoms with Crippen molar-refractivity contribution in [2.75, 3.05) is 13.7 Å². The summed E-state index contributed by atoms with van der Waals surface area (Å²) in [7, 11) is 1.67. The Labute approximate surface area is 82.4 Å². The number of aliphatic hydroxyl groups is 1. The zero-order valence-corrected chi connectivity index (χ0v) is 8.73. The van der Waals surface area contributed by atoms with Crippen LogP contribution >= 0.6 is 11.3 Å². The van der Waals surface area contributed by atoms with Gasteiger partial charge in [-0.2, -0.15) is 0 Å². The molecule has 0 amide bonds. The van der Waals surface area contributed by atoms with Gasteiger partial charge in [0.2, 0.25) is 0 Å². The van der Waals surface area contributed by atoms with Crippen molar-refractivity contribution in [1.29, 1.82) is 0 Å². The molecule has 0 saturated heterocycles. The molecule has 0 fully saturated rings. The van der Waals surface area contributed by atoms with Gasteiger partial charge in [0, 0.05) is 17.5 Å². The van der Waals surface area contributed by atoms with Crippen LogP contribution in [0.2, 0.25) is 0 Å². The first-order chi connectivity index (χ1) is 6.26. The van der Waals surface area contributed by atoms with E-state index in [1.165, 1.54) is 4.88 Å². The van der Waals surface area contributed by atoms with Crippen LogP contribution in [0.25, 0.3) is 0 Å². The molecule has 0 aliphatic carbocycles. The molecule has 1 atom stereocenters. The molecule has 0 aliphatic rings. The van der Waals surface area contributed by atoms with Crippen LogP contribution in [0, 0.1) is 0 Å². The molecule has 1 unspecified atom stereocenters. The quantitative estimate of drug-likeness (QED) is 0.753. The van der Waals surface area contributed by atoms with E-state index in [4.69, 9.17) is 9.84 Å². The third-order valence-electron chi connectivity index (χ3n) is 1.74. The Hall–Kier alpha value is -0.580. The second kappa shape index (κ2) is 5.21. The lowest BCUT2D eigenvalue weighted by molar-refractivity contribution is 0.251. The third kappa shape index (κ3) is 3.34. The van der Waals surface area contributed by atoms with E-state index in [0.29, 0.717) is 0 Å². The van der Waals surface area contributed by atoms with Crippen LogP contribution in [0.5, 0.6) is 5.06 Å². The highest BCUT2D eigenvalue weighted by molar-refractivity contribution is 7.13. The van der Waals surface area contributed by atoms with Gasteiger partial charge in [-0.1, -0.05) is 0 Å². The summed E-state index contributed by atoms with van der Waals surface area (Å²) in [5.74, 6) is 0. The summed E-state index contributed by atoms with van der Waals surface area (Å²) >= 11 is 1.62. The van der Waals surface area contributed by atoms with Crippen molar-refractivity contribution in [3.63, 3.8) is 0 Å². The predicted molar refractivity (Wildman–Crippen MR) is 54.3 cm³/mol. The molecule has 1 aromatic heterocycles. The molecule has 0 spiro atoms. The van der Waals surface area contributed by atoms with Crippen molar-refractivity contribution in [3.05, 3.63) is 17.0 Å². The van der Waals surface area contributed by atoms with Crippen LogP contribution in [-0.2, 0) is 6.54 Å². The fraction of sp³-hybridized carbons (Fsp3) is 0.556. The molecular formula is C9H15NO2S. The average Bonchev–Trinajstić information content (AvgIpc) is 2.61. The Bertz CT molecular complexity index is 250. The van der Waals surface area contributed by atoms with E-state index >= 15 is 0 Å². The maximum absolute atomic E-state index is 8.78. The Morgan fingerprint density at radius 2 is 2.38 bits per heavy atom. The van der Waals surface area contributed by atoms with Crippen LogP contribution in [-0.4, -0.2) is 24.9 Å². The smallest absolute Gasteiger partial charge is 0.173 e. The molecule has 1 heterocycles. The summed E-state index contributed by atoms with van der Waals surface area (Å²) in [4.78, 5) is 1.22. The van der Waals surface area contributed by atoms with Crippen molar-refractivity contribution < 1.29 is 9.84 Å². The average molecular weight is 201 g/mol. The lowest BCUT2D eigenvalue weighted by Crippen LogP contribution is -2.28. The van der Waals surface area contributed by atoms with E-state index in [-0.39, 0.29) is 12.6 Å². The predicted octanol–water partition coefficient (Wildman–Crippen LogP) is 1.23. The molecule has 3 nitrogen and oxygen atoms in total. The van der Waals surface area contributed by atoms with Crippen LogP contribution in [0.4, 0.5) is 0 Å². The molecule has 0 bridgehead atoms. The summed E-state index contributed by atoms with van der Waals surface area (Å²) in [6.45, 7) is 2.91. The largest absolute Gasteiger partial charge is 0.487 e. The second-order valence-corrected chi connectivity index (χ2v) is 4.02. The normalized spacial score (nSPS) is 12.8. The molecule has 1 aromatic rings. The zero-order chi connectivity index (χ0) is 9.68. The van der Waals surface area contributed by atoms with Gasteiger partial charge < -0.3 is 15.2 Å². The van der Waals surface area contributed by atoms with Crippen LogP contribution in [0.3, 0.4) is 0 Å². The Morgan fingerprint density at radius 1 is 1.62 bits per heavy atom. The minimum atomic E-state index is 0.146. The number of aliphatic hydroxyl groups excluding tert-OH is 1. The number of hydrogen-bond acceptors (Lipinski definition) is 4. The molecule has 0 saturated carbocycles. The van der Waals surface area contributed by atoms with Gasteiger partial charge in [-0.05, 0) is 19.1 Å². The van der Waals surface area contributed by atoms with E-state index in [1.54, 1.807) is 18.4 Å². The standard InChI is InChI=1S/C9H15NO2S/c1-7(6-11)10-5-8-3-4-9(12-2)13-8/h3-4,7,10-11H,5-6H2,1-2H3. The number of methoxy groups -OCH3 is 1. The lowest BCUT2D eigenvalue weighted by atomic mass is 10.3. The van der Waals surface area contributed by atoms with E-state index in [2.05, 4.69) is 5.32 Å². The zero-order valence-electron chi connectivity index (χ0n) is 7.91. The summed E-state index contributed by atoms with van der Waals surface area (Å²) < 4.78 is 5.07. The molecule has 74 valence electrons. The maximum Gasteiger partial charge on any atom is 0.173 e. The van der Waals surface area contributed by atoms with Crippen LogP contribution in [0.15, 0.2) is 12.1 Å². The number of ether oxygens (including phenoxy) is 1. The summed E-state index contributed by atoms with van der Waals surface area (Å²) in [5, 5.41) is 12.9. The first-order valence-corrected chi connectivity index (χ1v) is 5.05. The van der Waals surface area contributed by atoms with E-state index < -0.39 is 0 Å². The molecule has 0 radical (unpaired) electrons. The highest BCUT2D eigenvalue weighted by Crippen LogP contribution is 2.23. The fourth-order valence-corrected chi connectivity index (χ4v) is 1.67. The second-order valence-electron chi connectivity index (χ2n) is 2.89. The topological polar surface area (TPSA) is 41.5 Å². The third-order valence-corrected chi connectivity index (χ3v) is 2.78. The fourth-order valence-electron chi connectivity index (χ4n) is 0.902. The lowest BCUT2D eigenvalue weighted by Gasteiger charge is -2.08. The van der Waals surface area contributed by atoms with Gasteiger partial charge in [-0.15, -0.1) is 11.3 Å². The van der Waals surface area contributed by atoms with Crippen molar-refractivity contribution in [2.24, 2.45) is 0 Å². The first kappa shape index (κ1) is 10.5. The minimum absolute atomic E-state index is 0.146. The number of thiophene rings is 1. The van der Waals surface area contributed by atoms with Crippen molar-refractivity contribution >= 4 is 11.3 Å². The van der Waals surface area contributed by atoms with Gasteiger partial charge in [0.25, 0.3) is 0 Å². The Kier molecular flexibility index (Phi) is 4.21. The van der Waals surface area contributed by atoms with Gasteiger partial charge in [0.1, 0.15) is 0 Å². The molecule has 0 aliphatic heterocycles. The molecular weight excluding hydrogens is 186 g/mol. The van der Waals surface area contributed by atoms with E-state index in [9.17, 15) is 0 Å². The SMILES string of the molecule is COc1ccc(CNC(C)CO)s1. The first-order valence-electron chi connectivity index (χ1n) is 4.23. The van der Waals surface area contributed by atoms with E-state index in [1.807, 2.05) is 19.1 Å². The highest BCUT2D eigenvalue weighted by Gasteiger charge is 2.02. The van der Waals surface area contributed by atoms with Crippen molar-refractivity contribution in [3.8, 4) is 5.06 Å². The highest BCUT2D eigenvalue weighted by atomic mass is 32.1. The van der Waals surface area contributed by atoms with Crippen LogP contribution in [0.1, 0.15) is 11.8 Å². The minimum Gasteiger partial charge on any atom is -0.487 e. The van der Waals surface area contributed by atoms with Crippen molar-refractivity contribution in [1.82, 2.24) is 5.32 Å². The Balaban J connectivity index is 2.36. The summed E-state index contributed by atoms with van der Waals surface area (Å²) in [5.41, 5.74) is 0. The molecule has 1 rings (SSSR count). The number of nitrogens with one attached hydrogen (secondary N) is 1. The monoisotopic (exact) mass is 201 g/mol. The summed E-state index contributed by atoms with van der Waals surface area (Å²) in [6.07, 6.45) is 0. The van der Waals surface area contributed by atoms with Crippen molar-refractivity contribution in [2.45, 2.75) is 19.5 Å². The molecule has 4 heteroatoms. The number of hydrogen-bond donors (Lipinski definition) is 2. The molecule has 2 N–H and O–H groups in total. The van der Waals surface area contributed by atoms with Gasteiger partial charge in [0.05, 0.1) is 13.7 Å². The molecule has 0 aromatic carbocycles. The van der Waals surface area contributed by atoms with Gasteiger partial charge in [-0.3, -0.25) is 0 Å². The van der Waals surface area contributed by atoms with E-state index in [0.717, 1.165) is 11.6 Å². The summed E-state index contributed by atoms with van der Waals surface area (Å²) in [6, 6.07) is 4.12. The van der Waals surface area contributed by atoms with Crippen LogP contribution < -0.4 is 10.1 Å². The van der Waals surface area contributed by atoms with Gasteiger partial charge in [0.15, 0.2) is 5.06 Å². The number of rotatable bonds is 5. The van der Waals surface area contributed by atoms with Gasteiger partial charge in [-0.25, -0.2) is 0 Å². The Morgan fingerprint density at radius 3 is 2.92 bits per heavy atom.